The van der Waals surface area contributed by atoms with Crippen LogP contribution in [0.5, 0.6) is 0 Å². The fourth-order valence-corrected chi connectivity index (χ4v) is 4.05. The summed E-state index contributed by atoms with van der Waals surface area (Å²) in [5, 5.41) is 0. The summed E-state index contributed by atoms with van der Waals surface area (Å²) in [5.41, 5.74) is 4.56. The van der Waals surface area contributed by atoms with Crippen LogP contribution in [0.25, 0.3) is 5.57 Å². The second-order valence-corrected chi connectivity index (χ2v) is 7.78. The highest BCUT2D eigenvalue weighted by Crippen LogP contribution is 2.33. The first kappa shape index (κ1) is 19.3. The zero-order chi connectivity index (χ0) is 17.2. The van der Waals surface area contributed by atoms with Gasteiger partial charge in [-0.15, -0.1) is 0 Å². The number of hydrogen-bond acceptors (Lipinski definition) is 0. The van der Waals surface area contributed by atoms with Crippen molar-refractivity contribution in [3.05, 3.63) is 41.5 Å². The van der Waals surface area contributed by atoms with Gasteiger partial charge >= 0.3 is 0 Å². The van der Waals surface area contributed by atoms with Crippen molar-refractivity contribution in [1.29, 1.82) is 0 Å². The van der Waals surface area contributed by atoms with Crippen molar-refractivity contribution in [1.82, 2.24) is 0 Å². The van der Waals surface area contributed by atoms with Crippen molar-refractivity contribution < 1.29 is 0 Å². The van der Waals surface area contributed by atoms with E-state index in [4.69, 9.17) is 0 Å². The first-order chi connectivity index (χ1) is 11.8. The Morgan fingerprint density at radius 3 is 2.33 bits per heavy atom. The van der Waals surface area contributed by atoms with E-state index < -0.39 is 0 Å². The molecule has 0 heteroatoms. The van der Waals surface area contributed by atoms with Crippen LogP contribution in [0.1, 0.15) is 96.1 Å². The number of rotatable bonds is 10. The summed E-state index contributed by atoms with van der Waals surface area (Å²) < 4.78 is 0. The standard InChI is InChI=1S/C24H38/c1-4-7-8-9-21-12-16-23(17-13-21)24-18-14-22(15-19-24)11-10-20(5-2)6-3/h12-13,16-18,20,22H,4-11,14-15,19H2,1-3H3. The van der Waals surface area contributed by atoms with Crippen molar-refractivity contribution in [2.75, 3.05) is 0 Å². The number of hydrogen-bond donors (Lipinski definition) is 0. The molecule has 134 valence electrons. The van der Waals surface area contributed by atoms with Gasteiger partial charge in [0.2, 0.25) is 0 Å². The van der Waals surface area contributed by atoms with Gasteiger partial charge < -0.3 is 0 Å². The molecule has 2 rings (SSSR count). The molecule has 1 aliphatic rings. The van der Waals surface area contributed by atoms with Gasteiger partial charge in [-0.1, -0.05) is 83.2 Å². The van der Waals surface area contributed by atoms with Gasteiger partial charge in [0.25, 0.3) is 0 Å². The van der Waals surface area contributed by atoms with E-state index in [0.717, 1.165) is 11.8 Å². The number of aryl methyl sites for hydroxylation is 1. The Kier molecular flexibility index (Phi) is 8.64. The zero-order valence-corrected chi connectivity index (χ0v) is 16.3. The third kappa shape index (κ3) is 6.11. The molecule has 0 aromatic heterocycles. The molecule has 0 aliphatic heterocycles. The van der Waals surface area contributed by atoms with Gasteiger partial charge in [-0.05, 0) is 67.1 Å². The predicted octanol–water partition coefficient (Wildman–Crippen LogP) is 7.82. The first-order valence-electron chi connectivity index (χ1n) is 10.5. The molecule has 0 heterocycles. The normalized spacial score (nSPS) is 18.0. The lowest BCUT2D eigenvalue weighted by atomic mass is 9.82. The fourth-order valence-electron chi connectivity index (χ4n) is 4.05. The molecular formula is C24H38. The first-order valence-corrected chi connectivity index (χ1v) is 10.5. The Bertz CT molecular complexity index is 475. The van der Waals surface area contributed by atoms with Crippen LogP contribution < -0.4 is 0 Å². The monoisotopic (exact) mass is 326 g/mol. The van der Waals surface area contributed by atoms with Gasteiger partial charge in [0.05, 0.1) is 0 Å². The number of unbranched alkanes of at least 4 members (excludes halogenated alkanes) is 2. The van der Waals surface area contributed by atoms with Gasteiger partial charge in [-0.25, -0.2) is 0 Å². The van der Waals surface area contributed by atoms with Crippen molar-refractivity contribution >= 4 is 5.57 Å². The van der Waals surface area contributed by atoms with Crippen LogP contribution in [0.4, 0.5) is 0 Å². The maximum atomic E-state index is 2.53. The van der Waals surface area contributed by atoms with Crippen LogP contribution >= 0.6 is 0 Å². The molecule has 24 heavy (non-hydrogen) atoms. The van der Waals surface area contributed by atoms with Crippen LogP contribution in [0.2, 0.25) is 0 Å². The average Bonchev–Trinajstić information content (AvgIpc) is 2.64. The number of benzene rings is 1. The molecular weight excluding hydrogens is 288 g/mol. The van der Waals surface area contributed by atoms with Crippen molar-refractivity contribution in [2.45, 2.75) is 91.4 Å². The molecule has 0 saturated heterocycles. The van der Waals surface area contributed by atoms with Crippen molar-refractivity contribution in [3.63, 3.8) is 0 Å². The van der Waals surface area contributed by atoms with E-state index in [1.165, 1.54) is 81.8 Å². The van der Waals surface area contributed by atoms with E-state index in [1.807, 2.05) is 0 Å². The highest BCUT2D eigenvalue weighted by atomic mass is 14.2. The second-order valence-electron chi connectivity index (χ2n) is 7.78. The average molecular weight is 327 g/mol. The van der Waals surface area contributed by atoms with E-state index in [2.05, 4.69) is 51.1 Å². The summed E-state index contributed by atoms with van der Waals surface area (Å²) in [6.45, 7) is 6.97. The Balaban J connectivity index is 1.81. The summed E-state index contributed by atoms with van der Waals surface area (Å²) in [7, 11) is 0. The van der Waals surface area contributed by atoms with E-state index in [-0.39, 0.29) is 0 Å². The van der Waals surface area contributed by atoms with Gasteiger partial charge in [0.15, 0.2) is 0 Å². The lowest BCUT2D eigenvalue weighted by Crippen LogP contribution is -2.08. The SMILES string of the molecule is CCCCCc1ccc(C2=CCC(CCC(CC)CC)CC2)cc1. The third-order valence-electron chi connectivity index (χ3n) is 6.05. The second kappa shape index (κ2) is 10.7. The van der Waals surface area contributed by atoms with Crippen molar-refractivity contribution in [3.8, 4) is 0 Å². The lowest BCUT2D eigenvalue weighted by molar-refractivity contribution is 0.361. The van der Waals surface area contributed by atoms with Crippen LogP contribution in [-0.2, 0) is 6.42 Å². The predicted molar refractivity (Wildman–Crippen MR) is 108 cm³/mol. The molecule has 0 N–H and O–H groups in total. The molecule has 0 amide bonds. The molecule has 0 spiro atoms. The van der Waals surface area contributed by atoms with Crippen LogP contribution in [0.15, 0.2) is 30.3 Å². The molecule has 1 unspecified atom stereocenters. The quantitative estimate of drug-likeness (QED) is 0.384. The summed E-state index contributed by atoms with van der Waals surface area (Å²) in [6.07, 6.45) is 17.3. The molecule has 1 atom stereocenters. The van der Waals surface area contributed by atoms with E-state index >= 15 is 0 Å². The van der Waals surface area contributed by atoms with E-state index in [1.54, 1.807) is 5.57 Å². The van der Waals surface area contributed by atoms with Crippen LogP contribution in [0, 0.1) is 11.8 Å². The summed E-state index contributed by atoms with van der Waals surface area (Å²) in [4.78, 5) is 0. The fraction of sp³-hybridized carbons (Fsp3) is 0.667. The van der Waals surface area contributed by atoms with Crippen molar-refractivity contribution in [2.24, 2.45) is 11.8 Å². The van der Waals surface area contributed by atoms with Crippen LogP contribution in [0.3, 0.4) is 0 Å². The minimum atomic E-state index is 0.933. The minimum absolute atomic E-state index is 0.933. The largest absolute Gasteiger partial charge is 0.0804 e. The highest BCUT2D eigenvalue weighted by Gasteiger charge is 2.16. The Labute approximate surface area is 150 Å². The molecule has 1 aromatic carbocycles. The molecule has 0 nitrogen and oxygen atoms in total. The molecule has 0 fully saturated rings. The lowest BCUT2D eigenvalue weighted by Gasteiger charge is -2.24. The van der Waals surface area contributed by atoms with Crippen LogP contribution in [-0.4, -0.2) is 0 Å². The Hall–Kier alpha value is -1.04. The van der Waals surface area contributed by atoms with E-state index in [9.17, 15) is 0 Å². The topological polar surface area (TPSA) is 0 Å². The maximum Gasteiger partial charge on any atom is -0.0228 e. The smallest absolute Gasteiger partial charge is 0.0228 e. The van der Waals surface area contributed by atoms with Gasteiger partial charge in [0, 0.05) is 0 Å². The molecule has 1 aliphatic carbocycles. The molecule has 0 saturated carbocycles. The maximum absolute atomic E-state index is 2.53. The molecule has 0 radical (unpaired) electrons. The zero-order valence-electron chi connectivity index (χ0n) is 16.3. The number of allylic oxidation sites excluding steroid dienone is 2. The Morgan fingerprint density at radius 2 is 1.75 bits per heavy atom. The highest BCUT2D eigenvalue weighted by molar-refractivity contribution is 5.66. The van der Waals surface area contributed by atoms with Gasteiger partial charge in [-0.2, -0.15) is 0 Å². The minimum Gasteiger partial charge on any atom is -0.0804 e. The molecule has 1 aromatic rings. The molecule has 0 bridgehead atoms. The summed E-state index contributed by atoms with van der Waals surface area (Å²) in [6, 6.07) is 9.42. The summed E-state index contributed by atoms with van der Waals surface area (Å²) >= 11 is 0. The summed E-state index contributed by atoms with van der Waals surface area (Å²) in [5.74, 6) is 1.89. The third-order valence-corrected chi connectivity index (χ3v) is 6.05. The Morgan fingerprint density at radius 1 is 1.00 bits per heavy atom. The van der Waals surface area contributed by atoms with E-state index in [0.29, 0.717) is 0 Å². The van der Waals surface area contributed by atoms with Gasteiger partial charge in [-0.3, -0.25) is 0 Å². The van der Waals surface area contributed by atoms with Gasteiger partial charge in [0.1, 0.15) is 0 Å².